The van der Waals surface area contributed by atoms with Gasteiger partial charge in [0.15, 0.2) is 0 Å². The zero-order valence-corrected chi connectivity index (χ0v) is 8.55. The molecule has 14 heavy (non-hydrogen) atoms. The van der Waals surface area contributed by atoms with Crippen molar-refractivity contribution in [2.45, 2.75) is 32.4 Å². The van der Waals surface area contributed by atoms with Crippen LogP contribution >= 0.6 is 0 Å². The van der Waals surface area contributed by atoms with E-state index < -0.39 is 0 Å². The van der Waals surface area contributed by atoms with Crippen molar-refractivity contribution in [2.24, 2.45) is 0 Å². The van der Waals surface area contributed by atoms with Crippen LogP contribution in [-0.2, 0) is 6.54 Å². The van der Waals surface area contributed by atoms with E-state index in [9.17, 15) is 0 Å². The van der Waals surface area contributed by atoms with Crippen molar-refractivity contribution < 1.29 is 4.52 Å². The van der Waals surface area contributed by atoms with Crippen LogP contribution in [0, 0.1) is 6.92 Å². The molecule has 0 aliphatic carbocycles. The van der Waals surface area contributed by atoms with Gasteiger partial charge in [-0.25, -0.2) is 0 Å². The molecular weight excluding hydrogens is 178 g/mol. The van der Waals surface area contributed by atoms with Gasteiger partial charge in [-0.3, -0.25) is 0 Å². The molecule has 1 fully saturated rings. The molecule has 0 radical (unpaired) electrons. The van der Waals surface area contributed by atoms with E-state index in [0.717, 1.165) is 31.1 Å². The van der Waals surface area contributed by atoms with Gasteiger partial charge in [-0.15, -0.1) is 0 Å². The predicted molar refractivity (Wildman–Crippen MR) is 54.0 cm³/mol. The largest absolute Gasteiger partial charge is 0.361 e. The summed E-state index contributed by atoms with van der Waals surface area (Å²) in [4.78, 5) is 0. The van der Waals surface area contributed by atoms with E-state index in [1.54, 1.807) is 0 Å². The van der Waals surface area contributed by atoms with Crippen molar-refractivity contribution in [2.75, 3.05) is 13.1 Å². The summed E-state index contributed by atoms with van der Waals surface area (Å²) in [6.07, 6.45) is 2.51. The van der Waals surface area contributed by atoms with Gasteiger partial charge >= 0.3 is 0 Å². The predicted octanol–water partition coefficient (Wildman–Crippen LogP) is 0.825. The molecule has 0 amide bonds. The smallest absolute Gasteiger partial charge is 0.133 e. The van der Waals surface area contributed by atoms with Crippen LogP contribution in [0.4, 0.5) is 0 Å². The van der Waals surface area contributed by atoms with Crippen molar-refractivity contribution in [3.05, 3.63) is 17.5 Å². The topological polar surface area (TPSA) is 50.1 Å². The molecule has 78 valence electrons. The van der Waals surface area contributed by atoms with E-state index in [0.29, 0.717) is 6.04 Å². The van der Waals surface area contributed by atoms with E-state index >= 15 is 0 Å². The van der Waals surface area contributed by atoms with Gasteiger partial charge in [0.1, 0.15) is 5.76 Å². The summed E-state index contributed by atoms with van der Waals surface area (Å²) in [5.74, 6) is 0.878. The summed E-state index contributed by atoms with van der Waals surface area (Å²) in [5.41, 5.74) is 0.994. The number of nitrogens with one attached hydrogen (secondary N) is 2. The fourth-order valence-electron chi connectivity index (χ4n) is 1.78. The van der Waals surface area contributed by atoms with Crippen molar-refractivity contribution >= 4 is 0 Å². The highest BCUT2D eigenvalue weighted by Gasteiger charge is 2.12. The molecule has 2 heterocycles. The van der Waals surface area contributed by atoms with Crippen LogP contribution in [0.25, 0.3) is 0 Å². The fourth-order valence-corrected chi connectivity index (χ4v) is 1.78. The number of piperidine rings is 1. The van der Waals surface area contributed by atoms with Crippen LogP contribution in [0.3, 0.4) is 0 Å². The lowest BCUT2D eigenvalue weighted by Gasteiger charge is -2.23. The molecule has 0 spiro atoms. The molecule has 1 unspecified atom stereocenters. The Labute approximate surface area is 84.0 Å². The van der Waals surface area contributed by atoms with Gasteiger partial charge in [-0.05, 0) is 26.3 Å². The molecule has 0 aromatic carbocycles. The first-order chi connectivity index (χ1) is 6.84. The maximum Gasteiger partial charge on any atom is 0.133 e. The first-order valence-electron chi connectivity index (χ1n) is 5.21. The standard InChI is InChI=1S/C10H17N3O/c1-8-5-10(13-14-8)7-12-9-3-2-4-11-6-9/h5,9,11-12H,2-4,6-7H2,1H3. The third-order valence-electron chi connectivity index (χ3n) is 2.55. The highest BCUT2D eigenvalue weighted by atomic mass is 16.5. The normalized spacial score (nSPS) is 22.5. The van der Waals surface area contributed by atoms with Gasteiger partial charge in [0.05, 0.1) is 5.69 Å². The highest BCUT2D eigenvalue weighted by Crippen LogP contribution is 2.04. The molecule has 2 N–H and O–H groups in total. The second-order valence-electron chi connectivity index (χ2n) is 3.85. The molecule has 1 aliphatic rings. The van der Waals surface area contributed by atoms with Crippen LogP contribution < -0.4 is 10.6 Å². The van der Waals surface area contributed by atoms with Gasteiger partial charge in [-0.1, -0.05) is 5.16 Å². The Bertz CT molecular complexity index is 279. The van der Waals surface area contributed by atoms with E-state index in [-0.39, 0.29) is 0 Å². The number of hydrogen-bond acceptors (Lipinski definition) is 4. The minimum atomic E-state index is 0.584. The van der Waals surface area contributed by atoms with Gasteiger partial charge in [0.2, 0.25) is 0 Å². The number of aromatic nitrogens is 1. The molecule has 1 saturated heterocycles. The molecule has 1 atom stereocenters. The van der Waals surface area contributed by atoms with Crippen molar-refractivity contribution in [1.29, 1.82) is 0 Å². The SMILES string of the molecule is Cc1cc(CNC2CCCNC2)no1. The van der Waals surface area contributed by atoms with Gasteiger partial charge in [-0.2, -0.15) is 0 Å². The summed E-state index contributed by atoms with van der Waals surface area (Å²) in [6, 6.07) is 2.56. The number of rotatable bonds is 3. The van der Waals surface area contributed by atoms with E-state index in [4.69, 9.17) is 4.52 Å². The second kappa shape index (κ2) is 4.57. The third kappa shape index (κ3) is 2.56. The van der Waals surface area contributed by atoms with Crippen molar-refractivity contribution in [1.82, 2.24) is 15.8 Å². The summed E-state index contributed by atoms with van der Waals surface area (Å²) in [6.45, 7) is 4.94. The Morgan fingerprint density at radius 1 is 1.71 bits per heavy atom. The maximum absolute atomic E-state index is 5.00. The van der Waals surface area contributed by atoms with Crippen LogP contribution in [0.5, 0.6) is 0 Å². The lowest BCUT2D eigenvalue weighted by molar-refractivity contribution is 0.367. The first-order valence-corrected chi connectivity index (χ1v) is 5.21. The molecule has 1 aromatic heterocycles. The Hall–Kier alpha value is -0.870. The third-order valence-corrected chi connectivity index (χ3v) is 2.55. The zero-order chi connectivity index (χ0) is 9.80. The van der Waals surface area contributed by atoms with E-state index in [2.05, 4.69) is 15.8 Å². The highest BCUT2D eigenvalue weighted by molar-refractivity contribution is 5.03. The Morgan fingerprint density at radius 3 is 3.29 bits per heavy atom. The van der Waals surface area contributed by atoms with Crippen LogP contribution in [0.2, 0.25) is 0 Å². The van der Waals surface area contributed by atoms with Crippen molar-refractivity contribution in [3.8, 4) is 0 Å². The zero-order valence-electron chi connectivity index (χ0n) is 8.55. The summed E-state index contributed by atoms with van der Waals surface area (Å²) in [7, 11) is 0. The number of aryl methyl sites for hydroxylation is 1. The molecule has 1 aliphatic heterocycles. The fraction of sp³-hybridized carbons (Fsp3) is 0.700. The Kier molecular flexibility index (Phi) is 3.16. The van der Waals surface area contributed by atoms with Crippen LogP contribution in [0.15, 0.2) is 10.6 Å². The molecule has 2 rings (SSSR count). The molecule has 1 aromatic rings. The minimum absolute atomic E-state index is 0.584. The van der Waals surface area contributed by atoms with Crippen LogP contribution in [-0.4, -0.2) is 24.3 Å². The lowest BCUT2D eigenvalue weighted by atomic mass is 10.1. The number of hydrogen-bond donors (Lipinski definition) is 2. The molecule has 0 bridgehead atoms. The average molecular weight is 195 g/mol. The minimum Gasteiger partial charge on any atom is -0.361 e. The average Bonchev–Trinajstić information content (AvgIpc) is 2.63. The molecule has 0 saturated carbocycles. The maximum atomic E-state index is 5.00. The second-order valence-corrected chi connectivity index (χ2v) is 3.85. The van der Waals surface area contributed by atoms with Gasteiger partial charge in [0.25, 0.3) is 0 Å². The monoisotopic (exact) mass is 195 g/mol. The van der Waals surface area contributed by atoms with E-state index in [1.807, 2.05) is 13.0 Å². The van der Waals surface area contributed by atoms with Crippen LogP contribution in [0.1, 0.15) is 24.3 Å². The van der Waals surface area contributed by atoms with Gasteiger partial charge in [0, 0.05) is 25.2 Å². The summed E-state index contributed by atoms with van der Waals surface area (Å²) >= 11 is 0. The lowest BCUT2D eigenvalue weighted by Crippen LogP contribution is -2.42. The quantitative estimate of drug-likeness (QED) is 0.750. The summed E-state index contributed by atoms with van der Waals surface area (Å²) < 4.78 is 5.00. The molecule has 4 heteroatoms. The summed E-state index contributed by atoms with van der Waals surface area (Å²) in [5, 5.41) is 10.8. The molecule has 4 nitrogen and oxygen atoms in total. The number of nitrogens with zero attached hydrogens (tertiary/aromatic N) is 1. The van der Waals surface area contributed by atoms with E-state index in [1.165, 1.54) is 12.8 Å². The Balaban J connectivity index is 1.76. The van der Waals surface area contributed by atoms with Gasteiger partial charge < -0.3 is 15.2 Å². The first kappa shape index (κ1) is 9.68. The molecular formula is C10H17N3O. The Morgan fingerprint density at radius 2 is 2.64 bits per heavy atom. The van der Waals surface area contributed by atoms with Crippen molar-refractivity contribution in [3.63, 3.8) is 0 Å².